The van der Waals surface area contributed by atoms with Gasteiger partial charge in [0.1, 0.15) is 0 Å². The van der Waals surface area contributed by atoms with Gasteiger partial charge in [-0.15, -0.1) is 0 Å². The molecule has 0 fully saturated rings. The summed E-state index contributed by atoms with van der Waals surface area (Å²) in [6, 6.07) is 12.4. The van der Waals surface area contributed by atoms with Gasteiger partial charge in [0.15, 0.2) is 5.11 Å². The monoisotopic (exact) mass is 243 g/mol. The van der Waals surface area contributed by atoms with Crippen LogP contribution in [0.5, 0.6) is 0 Å². The van der Waals surface area contributed by atoms with Crippen LogP contribution in [0.15, 0.2) is 41.5 Å². The molecule has 0 amide bonds. The Bertz CT molecular complexity index is 590. The van der Waals surface area contributed by atoms with Crippen molar-refractivity contribution in [3.05, 3.63) is 47.5 Å². The molecule has 0 heterocycles. The first-order chi connectivity index (χ1) is 8.18. The van der Waals surface area contributed by atoms with E-state index in [9.17, 15) is 0 Å². The van der Waals surface area contributed by atoms with Crippen LogP contribution in [0.1, 0.15) is 11.1 Å². The molecule has 3 nitrogen and oxygen atoms in total. The van der Waals surface area contributed by atoms with E-state index in [-0.39, 0.29) is 5.11 Å². The minimum atomic E-state index is 0.166. The summed E-state index contributed by atoms with van der Waals surface area (Å²) >= 11 is 4.69. The van der Waals surface area contributed by atoms with E-state index in [0.717, 1.165) is 11.1 Å². The van der Waals surface area contributed by atoms with Crippen LogP contribution in [0.3, 0.4) is 0 Å². The highest BCUT2D eigenvalue weighted by Gasteiger charge is 2.01. The third kappa shape index (κ3) is 2.60. The molecule has 86 valence electrons. The maximum Gasteiger partial charge on any atom is 0.184 e. The van der Waals surface area contributed by atoms with Crippen molar-refractivity contribution in [1.29, 1.82) is 0 Å². The number of benzene rings is 2. The molecule has 17 heavy (non-hydrogen) atoms. The third-order valence-corrected chi connectivity index (χ3v) is 2.65. The normalized spacial score (nSPS) is 10.9. The molecule has 0 aromatic heterocycles. The molecule has 0 aliphatic carbocycles. The molecule has 0 spiro atoms. The number of fused-ring (bicyclic) bond motifs is 1. The summed E-state index contributed by atoms with van der Waals surface area (Å²) in [4.78, 5) is 0. The topological polar surface area (TPSA) is 50.4 Å². The fourth-order valence-electron chi connectivity index (χ4n) is 1.74. The molecule has 2 rings (SSSR count). The molecule has 0 radical (unpaired) electrons. The Hall–Kier alpha value is -1.94. The first kappa shape index (κ1) is 11.5. The number of nitrogens with zero attached hydrogens (tertiary/aromatic N) is 1. The van der Waals surface area contributed by atoms with Crippen LogP contribution in [0.25, 0.3) is 10.8 Å². The molecule has 0 atom stereocenters. The van der Waals surface area contributed by atoms with Gasteiger partial charge in [0.05, 0.1) is 6.21 Å². The maximum atomic E-state index is 5.31. The number of rotatable bonds is 2. The van der Waals surface area contributed by atoms with Gasteiger partial charge in [0.2, 0.25) is 0 Å². The van der Waals surface area contributed by atoms with Crippen LogP contribution in [0.2, 0.25) is 0 Å². The molecule has 0 saturated heterocycles. The molecular formula is C13H13N3S. The van der Waals surface area contributed by atoms with E-state index in [0.29, 0.717) is 0 Å². The Morgan fingerprint density at radius 3 is 2.82 bits per heavy atom. The SMILES string of the molecule is Cc1ccc2ccccc2c1C=NNC(N)=S. The van der Waals surface area contributed by atoms with Gasteiger partial charge in [-0.2, -0.15) is 5.10 Å². The average Bonchev–Trinajstić information content (AvgIpc) is 2.32. The van der Waals surface area contributed by atoms with Crippen molar-refractivity contribution in [3.63, 3.8) is 0 Å². The van der Waals surface area contributed by atoms with Gasteiger partial charge in [0.25, 0.3) is 0 Å². The van der Waals surface area contributed by atoms with Crippen molar-refractivity contribution in [3.8, 4) is 0 Å². The van der Waals surface area contributed by atoms with Gasteiger partial charge in [-0.25, -0.2) is 0 Å². The number of hydrogen-bond acceptors (Lipinski definition) is 2. The summed E-state index contributed by atoms with van der Waals surface area (Å²) in [7, 11) is 0. The third-order valence-electron chi connectivity index (χ3n) is 2.56. The lowest BCUT2D eigenvalue weighted by atomic mass is 10.0. The van der Waals surface area contributed by atoms with E-state index in [1.54, 1.807) is 6.21 Å². The second kappa shape index (κ2) is 4.93. The smallest absolute Gasteiger partial charge is 0.184 e. The lowest BCUT2D eigenvalue weighted by Crippen LogP contribution is -2.24. The Kier molecular flexibility index (Phi) is 3.35. The van der Waals surface area contributed by atoms with Gasteiger partial charge in [0, 0.05) is 5.56 Å². The predicted molar refractivity (Wildman–Crippen MR) is 76.2 cm³/mol. The fourth-order valence-corrected chi connectivity index (χ4v) is 1.79. The van der Waals surface area contributed by atoms with E-state index in [4.69, 9.17) is 18.0 Å². The van der Waals surface area contributed by atoms with E-state index in [1.807, 2.05) is 12.1 Å². The molecule has 4 heteroatoms. The van der Waals surface area contributed by atoms with Crippen LogP contribution < -0.4 is 11.2 Å². The van der Waals surface area contributed by atoms with Crippen LogP contribution in [0, 0.1) is 6.92 Å². The first-order valence-electron chi connectivity index (χ1n) is 5.25. The zero-order valence-corrected chi connectivity index (χ0v) is 10.3. The minimum absolute atomic E-state index is 0.166. The van der Waals surface area contributed by atoms with Crippen molar-refractivity contribution < 1.29 is 0 Å². The van der Waals surface area contributed by atoms with Crippen molar-refractivity contribution in [1.82, 2.24) is 5.43 Å². The lowest BCUT2D eigenvalue weighted by molar-refractivity contribution is 1.04. The van der Waals surface area contributed by atoms with E-state index >= 15 is 0 Å². The fraction of sp³-hybridized carbons (Fsp3) is 0.0769. The zero-order valence-electron chi connectivity index (χ0n) is 9.47. The van der Waals surface area contributed by atoms with Crippen molar-refractivity contribution in [2.75, 3.05) is 0 Å². The van der Waals surface area contributed by atoms with Gasteiger partial charge < -0.3 is 5.73 Å². The molecule has 0 unspecified atom stereocenters. The summed E-state index contributed by atoms with van der Waals surface area (Å²) in [6.45, 7) is 2.05. The Labute approximate surface area is 105 Å². The van der Waals surface area contributed by atoms with Gasteiger partial charge in [-0.05, 0) is 35.5 Å². The van der Waals surface area contributed by atoms with E-state index in [1.165, 1.54) is 10.8 Å². The minimum Gasteiger partial charge on any atom is -0.375 e. The molecule has 2 aromatic rings. The number of thiocarbonyl (C=S) groups is 1. The summed E-state index contributed by atoms with van der Waals surface area (Å²) in [5.74, 6) is 0. The maximum absolute atomic E-state index is 5.31. The Morgan fingerprint density at radius 1 is 1.29 bits per heavy atom. The van der Waals surface area contributed by atoms with Gasteiger partial charge >= 0.3 is 0 Å². The standard InChI is InChI=1S/C13H13N3S/c1-9-6-7-10-4-2-3-5-11(10)12(9)8-15-16-13(14)17/h2-8H,1H3,(H3,14,16,17). The molecule has 0 bridgehead atoms. The summed E-state index contributed by atoms with van der Waals surface area (Å²) < 4.78 is 0. The van der Waals surface area contributed by atoms with E-state index in [2.05, 4.69) is 41.7 Å². The highest BCUT2D eigenvalue weighted by Crippen LogP contribution is 2.20. The quantitative estimate of drug-likeness (QED) is 0.483. The highest BCUT2D eigenvalue weighted by molar-refractivity contribution is 7.80. The zero-order chi connectivity index (χ0) is 12.3. The van der Waals surface area contributed by atoms with Crippen molar-refractivity contribution in [2.24, 2.45) is 10.8 Å². The second-order valence-corrected chi connectivity index (χ2v) is 4.19. The number of hydrazone groups is 1. The molecule has 0 saturated carbocycles. The number of aryl methyl sites for hydroxylation is 1. The van der Waals surface area contributed by atoms with Gasteiger partial charge in [-0.3, -0.25) is 5.43 Å². The molecule has 2 aromatic carbocycles. The first-order valence-corrected chi connectivity index (χ1v) is 5.66. The Morgan fingerprint density at radius 2 is 2.06 bits per heavy atom. The predicted octanol–water partition coefficient (Wildman–Crippen LogP) is 2.32. The van der Waals surface area contributed by atoms with Crippen molar-refractivity contribution in [2.45, 2.75) is 6.92 Å². The number of nitrogens with two attached hydrogens (primary N) is 1. The average molecular weight is 243 g/mol. The van der Waals surface area contributed by atoms with Crippen LogP contribution in [0.4, 0.5) is 0 Å². The summed E-state index contributed by atoms with van der Waals surface area (Å²) in [5.41, 5.74) is 10.1. The highest BCUT2D eigenvalue weighted by atomic mass is 32.1. The van der Waals surface area contributed by atoms with E-state index < -0.39 is 0 Å². The van der Waals surface area contributed by atoms with Crippen molar-refractivity contribution >= 4 is 34.3 Å². The Balaban J connectivity index is 2.47. The second-order valence-electron chi connectivity index (χ2n) is 3.75. The van der Waals surface area contributed by atoms with Crippen LogP contribution in [-0.4, -0.2) is 11.3 Å². The largest absolute Gasteiger partial charge is 0.375 e. The lowest BCUT2D eigenvalue weighted by Gasteiger charge is -2.05. The summed E-state index contributed by atoms with van der Waals surface area (Å²) in [6.07, 6.45) is 1.75. The van der Waals surface area contributed by atoms with Crippen LogP contribution >= 0.6 is 12.2 Å². The summed E-state index contributed by atoms with van der Waals surface area (Å²) in [5, 5.41) is 6.53. The molecular weight excluding hydrogens is 230 g/mol. The number of hydrogen-bond donors (Lipinski definition) is 2. The van der Waals surface area contributed by atoms with Crippen LogP contribution in [-0.2, 0) is 0 Å². The molecule has 0 aliphatic rings. The molecule has 3 N–H and O–H groups in total. The number of nitrogens with one attached hydrogen (secondary N) is 1. The van der Waals surface area contributed by atoms with Gasteiger partial charge in [-0.1, -0.05) is 36.4 Å². The molecule has 0 aliphatic heterocycles.